The van der Waals surface area contributed by atoms with Crippen molar-refractivity contribution in [3.8, 4) is 21.6 Å². The standard InChI is InChI=1S/C23H13ClS/c24-14-9-10-17-21(13-14)23(20-11-12-25-22(17)20)18-7-3-1-5-15(18)16-6-2-4-8-19(16)23/h1-13H. The van der Waals surface area contributed by atoms with Gasteiger partial charge in [-0.3, -0.25) is 0 Å². The molecule has 25 heavy (non-hydrogen) atoms. The Morgan fingerprint density at radius 3 is 2.04 bits per heavy atom. The smallest absolute Gasteiger partial charge is 0.0734 e. The fourth-order valence-electron chi connectivity index (χ4n) is 4.80. The van der Waals surface area contributed by atoms with Gasteiger partial charge in [0, 0.05) is 9.90 Å². The van der Waals surface area contributed by atoms with Crippen molar-refractivity contribution in [3.05, 3.63) is 105 Å². The van der Waals surface area contributed by atoms with Gasteiger partial charge in [0.1, 0.15) is 0 Å². The molecule has 1 aromatic heterocycles. The molecule has 0 nitrogen and oxygen atoms in total. The first-order chi connectivity index (χ1) is 12.3. The number of rotatable bonds is 0. The minimum atomic E-state index is -0.233. The highest BCUT2D eigenvalue weighted by Crippen LogP contribution is 2.63. The molecule has 118 valence electrons. The molecule has 0 radical (unpaired) electrons. The van der Waals surface area contributed by atoms with Crippen molar-refractivity contribution in [2.24, 2.45) is 0 Å². The van der Waals surface area contributed by atoms with Crippen LogP contribution in [-0.2, 0) is 5.41 Å². The molecule has 0 unspecified atom stereocenters. The highest BCUT2D eigenvalue weighted by molar-refractivity contribution is 7.14. The van der Waals surface area contributed by atoms with Crippen molar-refractivity contribution in [1.82, 2.24) is 0 Å². The van der Waals surface area contributed by atoms with E-state index in [2.05, 4.69) is 72.1 Å². The summed E-state index contributed by atoms with van der Waals surface area (Å²) in [5, 5.41) is 3.02. The van der Waals surface area contributed by atoms with E-state index in [9.17, 15) is 0 Å². The maximum atomic E-state index is 6.45. The third-order valence-corrected chi connectivity index (χ3v) is 6.83. The Labute approximate surface area is 155 Å². The van der Waals surface area contributed by atoms with Gasteiger partial charge in [-0.05, 0) is 62.5 Å². The highest BCUT2D eigenvalue weighted by Gasteiger charge is 2.52. The molecule has 2 aliphatic rings. The first-order valence-corrected chi connectivity index (χ1v) is 9.65. The second kappa shape index (κ2) is 4.63. The topological polar surface area (TPSA) is 0 Å². The Morgan fingerprint density at radius 2 is 1.32 bits per heavy atom. The summed E-state index contributed by atoms with van der Waals surface area (Å²) in [6.45, 7) is 0. The van der Waals surface area contributed by atoms with Gasteiger partial charge in [0.25, 0.3) is 0 Å². The van der Waals surface area contributed by atoms with Crippen LogP contribution in [0.15, 0.2) is 78.2 Å². The first kappa shape index (κ1) is 13.9. The van der Waals surface area contributed by atoms with Crippen LogP contribution in [0.25, 0.3) is 21.6 Å². The van der Waals surface area contributed by atoms with E-state index >= 15 is 0 Å². The fraction of sp³-hybridized carbons (Fsp3) is 0.0435. The van der Waals surface area contributed by atoms with Crippen molar-refractivity contribution < 1.29 is 0 Å². The second-order valence-electron chi connectivity index (χ2n) is 6.69. The molecular formula is C23H13ClS. The lowest BCUT2D eigenvalue weighted by Gasteiger charge is -2.29. The fourth-order valence-corrected chi connectivity index (χ4v) is 5.96. The normalized spacial score (nSPS) is 14.9. The second-order valence-corrected chi connectivity index (χ2v) is 8.05. The molecule has 0 bridgehead atoms. The molecule has 0 amide bonds. The number of fused-ring (bicyclic) bond motifs is 10. The summed E-state index contributed by atoms with van der Waals surface area (Å²) in [5.41, 5.74) is 9.22. The Morgan fingerprint density at radius 1 is 0.640 bits per heavy atom. The largest absolute Gasteiger partial charge is 0.143 e. The zero-order valence-corrected chi connectivity index (χ0v) is 14.9. The van der Waals surface area contributed by atoms with Crippen molar-refractivity contribution in [2.45, 2.75) is 5.41 Å². The number of hydrogen-bond acceptors (Lipinski definition) is 1. The molecule has 3 aromatic carbocycles. The van der Waals surface area contributed by atoms with Gasteiger partial charge in [-0.25, -0.2) is 0 Å². The van der Waals surface area contributed by atoms with Gasteiger partial charge in [0.2, 0.25) is 0 Å². The molecule has 6 rings (SSSR count). The zero-order valence-electron chi connectivity index (χ0n) is 13.3. The monoisotopic (exact) mass is 356 g/mol. The van der Waals surface area contributed by atoms with Crippen molar-refractivity contribution >= 4 is 22.9 Å². The summed E-state index contributed by atoms with van der Waals surface area (Å²) in [7, 11) is 0. The average Bonchev–Trinajstić information content (AvgIpc) is 3.29. The van der Waals surface area contributed by atoms with Crippen LogP contribution in [0.1, 0.15) is 22.3 Å². The molecule has 1 spiro atoms. The Bertz CT molecular complexity index is 1120. The van der Waals surface area contributed by atoms with Gasteiger partial charge in [-0.15, -0.1) is 11.3 Å². The van der Waals surface area contributed by atoms with Crippen LogP contribution in [0.2, 0.25) is 5.02 Å². The molecule has 0 atom stereocenters. The molecule has 0 N–H and O–H groups in total. The van der Waals surface area contributed by atoms with Crippen molar-refractivity contribution in [3.63, 3.8) is 0 Å². The Hall–Kier alpha value is -2.35. The lowest BCUT2D eigenvalue weighted by atomic mass is 9.71. The van der Waals surface area contributed by atoms with Crippen LogP contribution in [0, 0.1) is 0 Å². The Kier molecular flexibility index (Phi) is 2.57. The van der Waals surface area contributed by atoms with Gasteiger partial charge < -0.3 is 0 Å². The van der Waals surface area contributed by atoms with Crippen LogP contribution in [0.4, 0.5) is 0 Å². The first-order valence-electron chi connectivity index (χ1n) is 8.39. The van der Waals surface area contributed by atoms with Gasteiger partial charge in [-0.2, -0.15) is 0 Å². The summed E-state index contributed by atoms with van der Waals surface area (Å²) >= 11 is 8.28. The van der Waals surface area contributed by atoms with Crippen molar-refractivity contribution in [2.75, 3.05) is 0 Å². The van der Waals surface area contributed by atoms with E-state index < -0.39 is 0 Å². The van der Waals surface area contributed by atoms with E-state index in [1.54, 1.807) is 0 Å². The summed E-state index contributed by atoms with van der Waals surface area (Å²) in [4.78, 5) is 1.37. The quantitative estimate of drug-likeness (QED) is 0.282. The van der Waals surface area contributed by atoms with E-state index in [0.717, 1.165) is 5.02 Å². The lowest BCUT2D eigenvalue weighted by molar-refractivity contribution is 0.796. The molecule has 0 saturated heterocycles. The molecule has 0 fully saturated rings. The van der Waals surface area contributed by atoms with Crippen LogP contribution in [0.3, 0.4) is 0 Å². The predicted molar refractivity (Wildman–Crippen MR) is 106 cm³/mol. The van der Waals surface area contributed by atoms with E-state index in [1.807, 2.05) is 17.4 Å². The molecule has 0 saturated carbocycles. The van der Waals surface area contributed by atoms with Gasteiger partial charge in [0.05, 0.1) is 5.41 Å². The van der Waals surface area contributed by atoms with E-state index in [-0.39, 0.29) is 5.41 Å². The molecular weight excluding hydrogens is 344 g/mol. The summed E-state index contributed by atoms with van der Waals surface area (Å²) in [6, 6.07) is 26.3. The summed E-state index contributed by atoms with van der Waals surface area (Å²) in [5.74, 6) is 0. The maximum Gasteiger partial charge on any atom is 0.0734 e. The predicted octanol–water partition coefficient (Wildman–Crippen LogP) is 6.75. The number of halogens is 1. The van der Waals surface area contributed by atoms with E-state index in [1.165, 1.54) is 43.8 Å². The van der Waals surface area contributed by atoms with Gasteiger partial charge >= 0.3 is 0 Å². The third-order valence-electron chi connectivity index (χ3n) is 5.65. The SMILES string of the molecule is Clc1ccc2c(c1)C1(c3ccccc3-c3ccccc31)c1ccsc1-2. The highest BCUT2D eigenvalue weighted by atomic mass is 35.5. The van der Waals surface area contributed by atoms with Crippen LogP contribution < -0.4 is 0 Å². The average molecular weight is 357 g/mol. The zero-order chi connectivity index (χ0) is 16.6. The van der Waals surface area contributed by atoms with Crippen LogP contribution >= 0.6 is 22.9 Å². The van der Waals surface area contributed by atoms with E-state index in [0.29, 0.717) is 0 Å². The molecule has 1 heterocycles. The maximum absolute atomic E-state index is 6.45. The lowest BCUT2D eigenvalue weighted by Crippen LogP contribution is -2.25. The Balaban J connectivity index is 1.88. The number of thiophene rings is 1. The molecule has 4 aromatic rings. The van der Waals surface area contributed by atoms with Crippen molar-refractivity contribution in [1.29, 1.82) is 0 Å². The third kappa shape index (κ3) is 1.50. The minimum Gasteiger partial charge on any atom is -0.143 e. The van der Waals surface area contributed by atoms with E-state index in [4.69, 9.17) is 11.6 Å². The van der Waals surface area contributed by atoms with Crippen LogP contribution in [-0.4, -0.2) is 0 Å². The van der Waals surface area contributed by atoms with Gasteiger partial charge in [0.15, 0.2) is 0 Å². The summed E-state index contributed by atoms with van der Waals surface area (Å²) < 4.78 is 0. The number of hydrogen-bond donors (Lipinski definition) is 0. The number of benzene rings is 3. The molecule has 0 aliphatic heterocycles. The summed E-state index contributed by atoms with van der Waals surface area (Å²) in [6.07, 6.45) is 0. The minimum absolute atomic E-state index is 0.233. The van der Waals surface area contributed by atoms with Crippen LogP contribution in [0.5, 0.6) is 0 Å². The molecule has 2 heteroatoms. The molecule has 2 aliphatic carbocycles. The van der Waals surface area contributed by atoms with Gasteiger partial charge in [-0.1, -0.05) is 66.2 Å².